The molecule has 9 rings (SSSR count). The second-order valence-corrected chi connectivity index (χ2v) is 19.5. The Morgan fingerprint density at radius 3 is 1.30 bits per heavy atom. The van der Waals surface area contributed by atoms with Crippen LogP contribution in [0.4, 0.5) is 11.4 Å². The summed E-state index contributed by atoms with van der Waals surface area (Å²) in [7, 11) is 7.47. The largest absolute Gasteiger partial charge is 0.436 e. The monoisotopic (exact) mass is 961 g/mol. The SMILES string of the molecule is CN(C)[C@@H](C(=O)N1CCC[C@H]1C(=O)N1CCC[C@H]1C(=O)Nc1ccc(-c2cnc(-c3ccc(NC(=O)[C@@H]4CCCN4C(=O)[C@@H]4CCCN4C(=O)[C@@H](c4ccccc4)N(C)C)cc3)o2)cc1)c1ccccc1. The third-order valence-electron chi connectivity index (χ3n) is 14.4. The molecule has 0 radical (unpaired) electrons. The van der Waals surface area contributed by atoms with Crippen molar-refractivity contribution in [2.45, 2.75) is 87.6 Å². The summed E-state index contributed by atoms with van der Waals surface area (Å²) in [6.07, 6.45) is 6.64. The first-order chi connectivity index (χ1) is 34.4. The first-order valence-corrected chi connectivity index (χ1v) is 24.8. The highest BCUT2D eigenvalue weighted by Gasteiger charge is 2.46. The molecule has 2 N–H and O–H groups in total. The van der Waals surface area contributed by atoms with E-state index in [1.165, 1.54) is 0 Å². The Labute approximate surface area is 414 Å². The highest BCUT2D eigenvalue weighted by Crippen LogP contribution is 2.33. The molecule has 0 unspecified atom stereocenters. The van der Waals surface area contributed by atoms with E-state index in [1.807, 2.05) is 123 Å². The lowest BCUT2D eigenvalue weighted by molar-refractivity contribution is -0.148. The molecule has 0 bridgehead atoms. The minimum atomic E-state index is -0.650. The molecule has 16 nitrogen and oxygen atoms in total. The van der Waals surface area contributed by atoms with Crippen molar-refractivity contribution in [3.63, 3.8) is 0 Å². The van der Waals surface area contributed by atoms with Crippen molar-refractivity contribution in [2.75, 3.05) is 65.0 Å². The van der Waals surface area contributed by atoms with Crippen LogP contribution in [0.3, 0.4) is 0 Å². The van der Waals surface area contributed by atoms with Gasteiger partial charge in [-0.05, 0) is 139 Å². The van der Waals surface area contributed by atoms with Crippen LogP contribution in [0.25, 0.3) is 22.8 Å². The van der Waals surface area contributed by atoms with E-state index in [-0.39, 0.29) is 35.4 Å². The average Bonchev–Trinajstić information content (AvgIpc) is 4.25. The standard InChI is InChI=1S/C55H63N9O7/c1-59(2)47(37-15-7-5-8-16-37)54(69)63-33-13-21-44(63)52(67)61-31-11-19-42(61)49(65)57-40-27-23-36(24-28-40)46-35-56-51(71-46)39-25-29-41(30-26-39)58-50(66)43-20-12-32-62(43)53(68)45-22-14-34-64(45)55(70)48(60(3)4)38-17-9-6-10-18-38/h5-10,15-18,23-30,35,42-45,47-48H,11-14,19-22,31-34H2,1-4H3,(H,57,65)(H,58,66)/t42-,43-,44-,45-,47+,48+/m0/s1. The maximum atomic E-state index is 14.1. The fourth-order valence-electron chi connectivity index (χ4n) is 10.9. The van der Waals surface area contributed by atoms with Crippen LogP contribution < -0.4 is 10.6 Å². The van der Waals surface area contributed by atoms with Gasteiger partial charge in [0.05, 0.1) is 6.20 Å². The number of likely N-dealkylation sites (tertiary alicyclic amines) is 4. The number of nitrogens with zero attached hydrogens (tertiary/aromatic N) is 7. The molecule has 5 heterocycles. The van der Waals surface area contributed by atoms with Gasteiger partial charge in [0.2, 0.25) is 41.3 Å². The van der Waals surface area contributed by atoms with E-state index in [0.29, 0.717) is 93.3 Å². The number of rotatable bonds is 14. The Morgan fingerprint density at radius 1 is 0.507 bits per heavy atom. The van der Waals surface area contributed by atoms with Gasteiger partial charge in [-0.25, -0.2) is 4.98 Å². The first-order valence-electron chi connectivity index (χ1n) is 24.8. The maximum Gasteiger partial charge on any atom is 0.247 e. The smallest absolute Gasteiger partial charge is 0.247 e. The molecule has 4 aliphatic heterocycles. The highest BCUT2D eigenvalue weighted by atomic mass is 16.4. The second-order valence-electron chi connectivity index (χ2n) is 19.5. The van der Waals surface area contributed by atoms with Crippen molar-refractivity contribution >= 4 is 46.8 Å². The number of carbonyl (C=O) groups excluding carboxylic acids is 6. The molecule has 1 aromatic heterocycles. The summed E-state index contributed by atoms with van der Waals surface area (Å²) in [5.41, 5.74) is 4.32. The van der Waals surface area contributed by atoms with E-state index in [0.717, 1.165) is 29.5 Å². The number of likely N-dealkylation sites (N-methyl/N-ethyl adjacent to an activating group) is 2. The zero-order chi connectivity index (χ0) is 49.8. The molecular formula is C55H63N9O7. The van der Waals surface area contributed by atoms with Gasteiger partial charge < -0.3 is 34.7 Å². The molecular weight excluding hydrogens is 899 g/mol. The summed E-state index contributed by atoms with van der Waals surface area (Å²) < 4.78 is 6.16. The quantitative estimate of drug-likeness (QED) is 0.126. The zero-order valence-corrected chi connectivity index (χ0v) is 40.9. The van der Waals surface area contributed by atoms with Gasteiger partial charge in [0, 0.05) is 48.7 Å². The number of nitrogens with one attached hydrogen (secondary N) is 2. The number of anilines is 2. The lowest BCUT2D eigenvalue weighted by Gasteiger charge is -2.34. The molecule has 4 saturated heterocycles. The third-order valence-corrected chi connectivity index (χ3v) is 14.4. The molecule has 4 aromatic carbocycles. The van der Waals surface area contributed by atoms with Crippen molar-refractivity contribution in [1.29, 1.82) is 0 Å². The van der Waals surface area contributed by atoms with Gasteiger partial charge in [-0.2, -0.15) is 0 Å². The Bertz CT molecular complexity index is 2530. The Balaban J connectivity index is 0.783. The van der Waals surface area contributed by atoms with Crippen molar-refractivity contribution < 1.29 is 33.2 Å². The van der Waals surface area contributed by atoms with Crippen LogP contribution in [0.2, 0.25) is 0 Å². The van der Waals surface area contributed by atoms with Crippen molar-refractivity contribution in [3.05, 3.63) is 127 Å². The molecule has 6 atom stereocenters. The third kappa shape index (κ3) is 10.4. The van der Waals surface area contributed by atoms with Crippen molar-refractivity contribution in [3.8, 4) is 22.8 Å². The zero-order valence-electron chi connectivity index (χ0n) is 40.9. The first kappa shape index (κ1) is 48.8. The lowest BCUT2D eigenvalue weighted by atomic mass is 10.0. The molecule has 0 spiro atoms. The van der Waals surface area contributed by atoms with Crippen LogP contribution in [0.15, 0.2) is 120 Å². The molecule has 71 heavy (non-hydrogen) atoms. The van der Waals surface area contributed by atoms with E-state index >= 15 is 0 Å². The predicted octanol–water partition coefficient (Wildman–Crippen LogP) is 6.46. The minimum Gasteiger partial charge on any atom is -0.436 e. The summed E-state index contributed by atoms with van der Waals surface area (Å²) in [5, 5.41) is 6.00. The number of hydrogen-bond acceptors (Lipinski definition) is 10. The van der Waals surface area contributed by atoms with E-state index in [9.17, 15) is 28.8 Å². The Hall–Kier alpha value is -7.17. The van der Waals surface area contributed by atoms with E-state index < -0.39 is 36.3 Å². The molecule has 0 saturated carbocycles. The number of amides is 6. The Morgan fingerprint density at radius 2 is 0.887 bits per heavy atom. The number of oxazole rings is 1. The topological polar surface area (TPSA) is 172 Å². The molecule has 4 aliphatic rings. The van der Waals surface area contributed by atoms with E-state index in [1.54, 1.807) is 50.1 Å². The van der Waals surface area contributed by atoms with Crippen LogP contribution >= 0.6 is 0 Å². The van der Waals surface area contributed by atoms with E-state index in [2.05, 4.69) is 15.6 Å². The molecule has 0 aliphatic carbocycles. The molecule has 4 fully saturated rings. The fraction of sp³-hybridized carbons (Fsp3) is 0.400. The van der Waals surface area contributed by atoms with Crippen LogP contribution in [0.5, 0.6) is 0 Å². The maximum absolute atomic E-state index is 14.1. The summed E-state index contributed by atoms with van der Waals surface area (Å²) >= 11 is 0. The predicted molar refractivity (Wildman–Crippen MR) is 269 cm³/mol. The summed E-state index contributed by atoms with van der Waals surface area (Å²) in [6.45, 7) is 1.89. The van der Waals surface area contributed by atoms with Gasteiger partial charge in [0.25, 0.3) is 0 Å². The number of carbonyl (C=O) groups is 6. The van der Waals surface area contributed by atoms with Crippen LogP contribution in [0, 0.1) is 0 Å². The van der Waals surface area contributed by atoms with Crippen molar-refractivity contribution in [1.82, 2.24) is 34.4 Å². The fourth-order valence-corrected chi connectivity index (χ4v) is 10.9. The van der Waals surface area contributed by atoms with Gasteiger partial charge in [0.15, 0.2) is 5.76 Å². The number of hydrogen-bond donors (Lipinski definition) is 2. The Kier molecular flexibility index (Phi) is 14.8. The summed E-state index contributed by atoms with van der Waals surface area (Å²) in [6, 6.07) is 30.0. The van der Waals surface area contributed by atoms with Gasteiger partial charge >= 0.3 is 0 Å². The van der Waals surface area contributed by atoms with Gasteiger partial charge in [-0.1, -0.05) is 60.7 Å². The van der Waals surface area contributed by atoms with Gasteiger partial charge in [-0.3, -0.25) is 38.6 Å². The second kappa shape index (κ2) is 21.4. The van der Waals surface area contributed by atoms with Gasteiger partial charge in [0.1, 0.15) is 36.3 Å². The molecule has 16 heteroatoms. The van der Waals surface area contributed by atoms with Crippen LogP contribution in [0.1, 0.15) is 74.6 Å². The van der Waals surface area contributed by atoms with Crippen molar-refractivity contribution in [2.24, 2.45) is 0 Å². The summed E-state index contributed by atoms with van der Waals surface area (Å²) in [5.74, 6) is -0.229. The molecule has 370 valence electrons. The van der Waals surface area contributed by atoms with E-state index in [4.69, 9.17) is 4.42 Å². The van der Waals surface area contributed by atoms with Gasteiger partial charge in [-0.15, -0.1) is 0 Å². The normalized spacial score (nSPS) is 20.9. The average molecular weight is 962 g/mol. The lowest BCUT2D eigenvalue weighted by Crippen LogP contribution is -2.53. The number of aromatic nitrogens is 1. The van der Waals surface area contributed by atoms with Crippen LogP contribution in [-0.2, 0) is 28.8 Å². The van der Waals surface area contributed by atoms with Crippen LogP contribution in [-0.4, -0.2) is 148 Å². The molecule has 6 amide bonds. The minimum absolute atomic E-state index is 0.112. The summed E-state index contributed by atoms with van der Waals surface area (Å²) in [4.78, 5) is 98.6. The highest BCUT2D eigenvalue weighted by molar-refractivity contribution is 6.00. The number of benzene rings is 4. The molecule has 5 aromatic rings.